The molecule has 6 nitrogen and oxygen atoms in total. The van der Waals surface area contributed by atoms with E-state index in [1.165, 1.54) is 37.1 Å². The van der Waals surface area contributed by atoms with Gasteiger partial charge < -0.3 is 19.7 Å². The van der Waals surface area contributed by atoms with Gasteiger partial charge in [-0.1, -0.05) is 31.2 Å². The van der Waals surface area contributed by atoms with Crippen molar-refractivity contribution >= 4 is 6.03 Å². The number of nitrogens with zero attached hydrogens (tertiary/aromatic N) is 2. The fourth-order valence-corrected chi connectivity index (χ4v) is 4.59. The summed E-state index contributed by atoms with van der Waals surface area (Å²) in [5, 5.41) is 3.08. The van der Waals surface area contributed by atoms with Crippen molar-refractivity contribution in [3.05, 3.63) is 58.7 Å². The number of hydrogen-bond donors (Lipinski definition) is 1. The van der Waals surface area contributed by atoms with Gasteiger partial charge in [-0.2, -0.15) is 0 Å². The van der Waals surface area contributed by atoms with Crippen LogP contribution in [0, 0.1) is 5.92 Å². The van der Waals surface area contributed by atoms with Crippen LogP contribution in [0.25, 0.3) is 0 Å². The van der Waals surface area contributed by atoms with E-state index in [4.69, 9.17) is 9.47 Å². The summed E-state index contributed by atoms with van der Waals surface area (Å²) in [5.41, 5.74) is 4.79. The van der Waals surface area contributed by atoms with Crippen LogP contribution < -0.4 is 14.8 Å². The quantitative estimate of drug-likeness (QED) is 0.736. The third-order valence-electron chi connectivity index (χ3n) is 6.75. The van der Waals surface area contributed by atoms with Crippen molar-refractivity contribution in [2.75, 3.05) is 33.9 Å². The molecule has 2 heterocycles. The van der Waals surface area contributed by atoms with E-state index in [0.717, 1.165) is 35.8 Å². The second-order valence-corrected chi connectivity index (χ2v) is 9.08. The smallest absolute Gasteiger partial charge is 0.317 e. The van der Waals surface area contributed by atoms with Crippen LogP contribution >= 0.6 is 0 Å². The van der Waals surface area contributed by atoms with E-state index in [2.05, 4.69) is 41.4 Å². The van der Waals surface area contributed by atoms with Gasteiger partial charge in [-0.3, -0.25) is 4.90 Å². The molecule has 32 heavy (non-hydrogen) atoms. The summed E-state index contributed by atoms with van der Waals surface area (Å²) < 4.78 is 10.8. The van der Waals surface area contributed by atoms with Crippen molar-refractivity contribution in [3.8, 4) is 11.5 Å². The molecule has 1 fully saturated rings. The molecule has 172 valence electrons. The van der Waals surface area contributed by atoms with Gasteiger partial charge in [0, 0.05) is 26.2 Å². The van der Waals surface area contributed by atoms with Gasteiger partial charge in [0.15, 0.2) is 11.5 Å². The topological polar surface area (TPSA) is 54.0 Å². The molecule has 0 spiro atoms. The summed E-state index contributed by atoms with van der Waals surface area (Å²) in [6.45, 7) is 7.55. The number of carbonyl (C=O) groups is 1. The number of ether oxygens (including phenoxy) is 2. The molecule has 0 saturated carbocycles. The lowest BCUT2D eigenvalue weighted by Crippen LogP contribution is -2.42. The Morgan fingerprint density at radius 1 is 0.969 bits per heavy atom. The highest BCUT2D eigenvalue weighted by Gasteiger charge is 2.23. The van der Waals surface area contributed by atoms with Gasteiger partial charge in [-0.15, -0.1) is 0 Å². The lowest BCUT2D eigenvalue weighted by Gasteiger charge is -2.30. The van der Waals surface area contributed by atoms with Crippen LogP contribution in [0.5, 0.6) is 11.5 Å². The average molecular weight is 438 g/mol. The van der Waals surface area contributed by atoms with Gasteiger partial charge in [0.2, 0.25) is 0 Å². The van der Waals surface area contributed by atoms with Crippen LogP contribution in [-0.2, 0) is 26.1 Å². The molecule has 6 heteroatoms. The van der Waals surface area contributed by atoms with E-state index >= 15 is 0 Å². The van der Waals surface area contributed by atoms with E-state index in [9.17, 15) is 4.79 Å². The predicted molar refractivity (Wildman–Crippen MR) is 126 cm³/mol. The molecule has 2 aromatic rings. The number of piperidine rings is 1. The minimum absolute atomic E-state index is 0.0306. The van der Waals surface area contributed by atoms with E-state index in [1.54, 1.807) is 14.2 Å². The Hall–Kier alpha value is -2.73. The molecular weight excluding hydrogens is 402 g/mol. The number of benzene rings is 2. The molecule has 2 aromatic carbocycles. The Labute approximate surface area is 191 Å². The van der Waals surface area contributed by atoms with Crippen molar-refractivity contribution in [3.63, 3.8) is 0 Å². The number of urea groups is 1. The second-order valence-electron chi connectivity index (χ2n) is 9.08. The van der Waals surface area contributed by atoms with Gasteiger partial charge in [0.1, 0.15) is 0 Å². The fourth-order valence-electron chi connectivity index (χ4n) is 4.59. The third-order valence-corrected chi connectivity index (χ3v) is 6.75. The fraction of sp³-hybridized carbons (Fsp3) is 0.500. The van der Waals surface area contributed by atoms with Crippen molar-refractivity contribution < 1.29 is 14.3 Å². The molecule has 2 amide bonds. The van der Waals surface area contributed by atoms with Gasteiger partial charge in [-0.05, 0) is 72.7 Å². The summed E-state index contributed by atoms with van der Waals surface area (Å²) >= 11 is 0. The number of methoxy groups -OCH3 is 2. The van der Waals surface area contributed by atoms with Crippen LogP contribution in [0.4, 0.5) is 4.79 Å². The van der Waals surface area contributed by atoms with E-state index < -0.39 is 0 Å². The number of fused-ring (bicyclic) bond motifs is 1. The summed E-state index contributed by atoms with van der Waals surface area (Å²) in [7, 11) is 3.28. The average Bonchev–Trinajstić information content (AvgIpc) is 2.83. The first-order valence-electron chi connectivity index (χ1n) is 11.6. The highest BCUT2D eigenvalue weighted by Crippen LogP contribution is 2.33. The Morgan fingerprint density at radius 3 is 2.25 bits per heavy atom. The van der Waals surface area contributed by atoms with Crippen molar-refractivity contribution in [1.29, 1.82) is 0 Å². The number of carbonyl (C=O) groups excluding carboxylic acids is 1. The predicted octanol–water partition coefficient (Wildman–Crippen LogP) is 4.20. The minimum Gasteiger partial charge on any atom is -0.493 e. The summed E-state index contributed by atoms with van der Waals surface area (Å²) in [6, 6.07) is 12.6. The van der Waals surface area contributed by atoms with Gasteiger partial charge in [0.25, 0.3) is 0 Å². The molecule has 0 bridgehead atoms. The molecule has 1 N–H and O–H groups in total. The monoisotopic (exact) mass is 437 g/mol. The standard InChI is InChI=1S/C26H35N3O3/c1-19-8-11-28(12-9-19)17-21-6-4-20(5-7-21)16-27-26(30)29-13-10-22-14-24(31-2)25(32-3)15-23(22)18-29/h4-7,14-15,19H,8-13,16-18H2,1-3H3,(H,27,30). The van der Waals surface area contributed by atoms with Crippen molar-refractivity contribution in [2.24, 2.45) is 5.92 Å². The first kappa shape index (κ1) is 22.5. The van der Waals surface area contributed by atoms with Crippen LogP contribution in [0.3, 0.4) is 0 Å². The molecule has 2 aliphatic heterocycles. The Kier molecular flexibility index (Phi) is 7.20. The summed E-state index contributed by atoms with van der Waals surface area (Å²) in [6.07, 6.45) is 3.41. The first-order valence-corrected chi connectivity index (χ1v) is 11.6. The zero-order valence-electron chi connectivity index (χ0n) is 19.5. The van der Waals surface area contributed by atoms with Crippen LogP contribution in [-0.4, -0.2) is 49.7 Å². The zero-order chi connectivity index (χ0) is 22.5. The Morgan fingerprint density at radius 2 is 1.59 bits per heavy atom. The molecule has 2 aliphatic rings. The molecule has 0 aliphatic carbocycles. The van der Waals surface area contributed by atoms with E-state index in [1.807, 2.05) is 17.0 Å². The highest BCUT2D eigenvalue weighted by molar-refractivity contribution is 5.74. The second kappa shape index (κ2) is 10.3. The number of rotatable bonds is 6. The highest BCUT2D eigenvalue weighted by atomic mass is 16.5. The number of hydrogen-bond acceptors (Lipinski definition) is 4. The molecule has 0 radical (unpaired) electrons. The molecule has 4 rings (SSSR count). The largest absolute Gasteiger partial charge is 0.493 e. The maximum Gasteiger partial charge on any atom is 0.317 e. The van der Waals surface area contributed by atoms with E-state index in [0.29, 0.717) is 25.4 Å². The molecule has 0 unspecified atom stereocenters. The van der Waals surface area contributed by atoms with Crippen LogP contribution in [0.2, 0.25) is 0 Å². The number of nitrogens with one attached hydrogen (secondary N) is 1. The lowest BCUT2D eigenvalue weighted by molar-refractivity contribution is 0.185. The Bertz CT molecular complexity index is 921. The number of likely N-dealkylation sites (tertiary alicyclic amines) is 1. The summed E-state index contributed by atoms with van der Waals surface area (Å²) in [5.74, 6) is 2.30. The van der Waals surface area contributed by atoms with Gasteiger partial charge >= 0.3 is 6.03 Å². The maximum atomic E-state index is 12.8. The van der Waals surface area contributed by atoms with Gasteiger partial charge in [0.05, 0.1) is 14.2 Å². The lowest BCUT2D eigenvalue weighted by atomic mass is 9.99. The molecule has 1 saturated heterocycles. The minimum atomic E-state index is -0.0306. The summed E-state index contributed by atoms with van der Waals surface area (Å²) in [4.78, 5) is 17.2. The zero-order valence-corrected chi connectivity index (χ0v) is 19.5. The SMILES string of the molecule is COc1cc2c(cc1OC)CN(C(=O)NCc1ccc(CN3CCC(C)CC3)cc1)CC2. The van der Waals surface area contributed by atoms with Crippen LogP contribution in [0.1, 0.15) is 42.0 Å². The normalized spacial score (nSPS) is 17.0. The third kappa shape index (κ3) is 5.36. The molecular formula is C26H35N3O3. The first-order chi connectivity index (χ1) is 15.6. The maximum absolute atomic E-state index is 12.8. The van der Waals surface area contributed by atoms with E-state index in [-0.39, 0.29) is 6.03 Å². The van der Waals surface area contributed by atoms with Crippen LogP contribution in [0.15, 0.2) is 36.4 Å². The number of amides is 2. The van der Waals surface area contributed by atoms with Crippen molar-refractivity contribution in [1.82, 2.24) is 15.1 Å². The van der Waals surface area contributed by atoms with Gasteiger partial charge in [-0.25, -0.2) is 4.79 Å². The molecule has 0 atom stereocenters. The van der Waals surface area contributed by atoms with Crippen molar-refractivity contribution in [2.45, 2.75) is 45.8 Å². The Balaban J connectivity index is 1.28. The molecule has 0 aromatic heterocycles.